The summed E-state index contributed by atoms with van der Waals surface area (Å²) in [6, 6.07) is 7.26. The molecule has 0 atom stereocenters. The van der Waals surface area contributed by atoms with E-state index < -0.39 is 0 Å². The molecule has 0 unspecified atom stereocenters. The summed E-state index contributed by atoms with van der Waals surface area (Å²) in [7, 11) is 0. The molecule has 5 heteroatoms. The van der Waals surface area contributed by atoms with E-state index in [0.29, 0.717) is 17.8 Å². The molecule has 5 nitrogen and oxygen atoms in total. The molecule has 1 aliphatic carbocycles. The Kier molecular flexibility index (Phi) is 5.99. The lowest BCUT2D eigenvalue weighted by Gasteiger charge is -2.15. The lowest BCUT2D eigenvalue weighted by atomic mass is 10.1. The first-order valence-electron chi connectivity index (χ1n) is 7.54. The van der Waals surface area contributed by atoms with Crippen LogP contribution in [0.3, 0.4) is 0 Å². The highest BCUT2D eigenvalue weighted by Gasteiger charge is 2.19. The van der Waals surface area contributed by atoms with Gasteiger partial charge in [0.2, 0.25) is 5.91 Å². The molecule has 0 bridgehead atoms. The van der Waals surface area contributed by atoms with E-state index in [1.54, 1.807) is 24.3 Å². The summed E-state index contributed by atoms with van der Waals surface area (Å²) in [5.74, 6) is 2.04. The van der Waals surface area contributed by atoms with E-state index in [-0.39, 0.29) is 24.4 Å². The van der Waals surface area contributed by atoms with Gasteiger partial charge in [-0.05, 0) is 25.0 Å². The van der Waals surface area contributed by atoms with Gasteiger partial charge in [0.05, 0.1) is 24.3 Å². The van der Waals surface area contributed by atoms with E-state index >= 15 is 0 Å². The summed E-state index contributed by atoms with van der Waals surface area (Å²) in [6.45, 7) is 0.444. The number of rotatable bonds is 6. The third-order valence-corrected chi connectivity index (χ3v) is 3.65. The van der Waals surface area contributed by atoms with Crippen LogP contribution in [0.15, 0.2) is 24.3 Å². The highest BCUT2D eigenvalue weighted by Crippen LogP contribution is 2.20. The zero-order chi connectivity index (χ0) is 15.8. The van der Waals surface area contributed by atoms with Crippen molar-refractivity contribution in [2.24, 2.45) is 0 Å². The van der Waals surface area contributed by atoms with E-state index in [4.69, 9.17) is 6.42 Å². The van der Waals surface area contributed by atoms with Gasteiger partial charge in [0.25, 0.3) is 5.91 Å². The van der Waals surface area contributed by atoms with Crippen molar-refractivity contribution in [3.05, 3.63) is 29.8 Å². The number of terminal acetylenes is 1. The Hall–Kier alpha value is -2.32. The molecule has 0 aromatic heterocycles. The zero-order valence-corrected chi connectivity index (χ0v) is 12.5. The van der Waals surface area contributed by atoms with Crippen molar-refractivity contribution < 1.29 is 9.59 Å². The molecule has 1 aliphatic rings. The first kappa shape index (κ1) is 16.1. The third kappa shape index (κ3) is 4.61. The van der Waals surface area contributed by atoms with Gasteiger partial charge in [-0.2, -0.15) is 0 Å². The van der Waals surface area contributed by atoms with Gasteiger partial charge >= 0.3 is 0 Å². The van der Waals surface area contributed by atoms with E-state index in [1.165, 1.54) is 0 Å². The number of hydrogen-bond acceptors (Lipinski definition) is 3. The van der Waals surface area contributed by atoms with Gasteiger partial charge < -0.3 is 10.6 Å². The van der Waals surface area contributed by atoms with Crippen molar-refractivity contribution in [3.8, 4) is 12.3 Å². The van der Waals surface area contributed by atoms with Crippen LogP contribution in [-0.4, -0.2) is 30.9 Å². The summed E-state index contributed by atoms with van der Waals surface area (Å²) in [6.07, 6.45) is 9.47. The molecule has 2 rings (SSSR count). The lowest BCUT2D eigenvalue weighted by Crippen LogP contribution is -2.34. The largest absolute Gasteiger partial charge is 0.349 e. The molecule has 2 amide bonds. The predicted octanol–water partition coefficient (Wildman–Crippen LogP) is 1.52. The van der Waals surface area contributed by atoms with Crippen LogP contribution < -0.4 is 16.0 Å². The van der Waals surface area contributed by atoms with Crippen molar-refractivity contribution in [1.82, 2.24) is 10.6 Å². The van der Waals surface area contributed by atoms with Crippen LogP contribution in [0.4, 0.5) is 5.69 Å². The zero-order valence-electron chi connectivity index (χ0n) is 12.5. The van der Waals surface area contributed by atoms with Crippen molar-refractivity contribution in [1.29, 1.82) is 0 Å². The van der Waals surface area contributed by atoms with Crippen molar-refractivity contribution >= 4 is 17.5 Å². The van der Waals surface area contributed by atoms with Gasteiger partial charge in [0, 0.05) is 6.04 Å². The minimum atomic E-state index is -0.226. The normalized spacial score (nSPS) is 14.3. The van der Waals surface area contributed by atoms with E-state index in [1.807, 2.05) is 0 Å². The molecule has 1 aromatic carbocycles. The summed E-state index contributed by atoms with van der Waals surface area (Å²) in [5, 5.41) is 8.59. The van der Waals surface area contributed by atoms with Gasteiger partial charge in [-0.25, -0.2) is 0 Å². The van der Waals surface area contributed by atoms with Crippen LogP contribution in [0.25, 0.3) is 0 Å². The number of benzene rings is 1. The van der Waals surface area contributed by atoms with Crippen molar-refractivity contribution in [2.75, 3.05) is 18.4 Å². The second-order valence-electron chi connectivity index (χ2n) is 5.36. The number of nitrogens with one attached hydrogen (secondary N) is 3. The van der Waals surface area contributed by atoms with Crippen molar-refractivity contribution in [3.63, 3.8) is 0 Å². The molecule has 0 saturated heterocycles. The highest BCUT2D eigenvalue weighted by atomic mass is 16.2. The lowest BCUT2D eigenvalue weighted by molar-refractivity contribution is -0.115. The number of amides is 2. The van der Waals surface area contributed by atoms with Gasteiger partial charge in [-0.15, -0.1) is 6.42 Å². The topological polar surface area (TPSA) is 70.2 Å². The summed E-state index contributed by atoms with van der Waals surface area (Å²) < 4.78 is 0. The second-order valence-corrected chi connectivity index (χ2v) is 5.36. The number of carbonyl (C=O) groups is 2. The number of anilines is 1. The van der Waals surface area contributed by atoms with Crippen LogP contribution in [0.1, 0.15) is 36.0 Å². The van der Waals surface area contributed by atoms with Crippen LogP contribution in [0.2, 0.25) is 0 Å². The first-order chi connectivity index (χ1) is 10.7. The molecule has 0 aliphatic heterocycles. The Morgan fingerprint density at radius 2 is 1.95 bits per heavy atom. The molecule has 116 valence electrons. The van der Waals surface area contributed by atoms with Crippen LogP contribution in [0, 0.1) is 12.3 Å². The molecule has 1 saturated carbocycles. The standard InChI is InChI=1S/C17H21N3O2/c1-2-11-18-12-16(21)20-15-10-6-5-9-14(15)17(22)19-13-7-3-4-8-13/h1,5-6,9-10,13,18H,3-4,7-8,11-12H2,(H,19,22)(H,20,21). The highest BCUT2D eigenvalue weighted by molar-refractivity contribution is 6.04. The molecule has 3 N–H and O–H groups in total. The maximum absolute atomic E-state index is 12.4. The number of hydrogen-bond donors (Lipinski definition) is 3. The molecular weight excluding hydrogens is 278 g/mol. The molecule has 22 heavy (non-hydrogen) atoms. The summed E-state index contributed by atoms with van der Waals surface area (Å²) in [5.41, 5.74) is 1.00. The Morgan fingerprint density at radius 3 is 2.68 bits per heavy atom. The third-order valence-electron chi connectivity index (χ3n) is 3.65. The predicted molar refractivity (Wildman–Crippen MR) is 86.5 cm³/mol. The smallest absolute Gasteiger partial charge is 0.253 e. The van der Waals surface area contributed by atoms with Crippen LogP contribution in [0.5, 0.6) is 0 Å². The van der Waals surface area contributed by atoms with Gasteiger partial charge in [-0.3, -0.25) is 14.9 Å². The average molecular weight is 299 g/mol. The van der Waals surface area contributed by atoms with Gasteiger partial charge in [-0.1, -0.05) is 30.9 Å². The number of carbonyl (C=O) groups excluding carboxylic acids is 2. The fourth-order valence-corrected chi connectivity index (χ4v) is 2.57. The number of para-hydroxylation sites is 1. The Morgan fingerprint density at radius 1 is 1.23 bits per heavy atom. The maximum Gasteiger partial charge on any atom is 0.253 e. The Bertz CT molecular complexity index is 572. The summed E-state index contributed by atoms with van der Waals surface area (Å²) >= 11 is 0. The SMILES string of the molecule is C#CCNCC(=O)Nc1ccccc1C(=O)NC1CCCC1. The minimum Gasteiger partial charge on any atom is -0.349 e. The summed E-state index contributed by atoms with van der Waals surface area (Å²) in [4.78, 5) is 24.2. The van der Waals surface area contributed by atoms with Gasteiger partial charge in [0.1, 0.15) is 0 Å². The van der Waals surface area contributed by atoms with Crippen LogP contribution in [-0.2, 0) is 4.79 Å². The molecule has 1 fully saturated rings. The molecule has 0 radical (unpaired) electrons. The van der Waals surface area contributed by atoms with E-state index in [0.717, 1.165) is 25.7 Å². The van der Waals surface area contributed by atoms with E-state index in [2.05, 4.69) is 21.9 Å². The van der Waals surface area contributed by atoms with Crippen LogP contribution >= 0.6 is 0 Å². The Balaban J connectivity index is 1.98. The second kappa shape index (κ2) is 8.20. The minimum absolute atomic E-state index is 0.114. The molecule has 0 heterocycles. The average Bonchev–Trinajstić information content (AvgIpc) is 3.01. The Labute approximate surface area is 130 Å². The van der Waals surface area contributed by atoms with Crippen molar-refractivity contribution in [2.45, 2.75) is 31.7 Å². The fourth-order valence-electron chi connectivity index (χ4n) is 2.57. The quantitative estimate of drug-likeness (QED) is 0.551. The first-order valence-corrected chi connectivity index (χ1v) is 7.54. The monoisotopic (exact) mass is 299 g/mol. The van der Waals surface area contributed by atoms with E-state index in [9.17, 15) is 9.59 Å². The van der Waals surface area contributed by atoms with Gasteiger partial charge in [0.15, 0.2) is 0 Å². The molecular formula is C17H21N3O2. The fraction of sp³-hybridized carbons (Fsp3) is 0.412. The maximum atomic E-state index is 12.4. The molecule has 1 aromatic rings. The molecule has 0 spiro atoms.